The topological polar surface area (TPSA) is 66.6 Å². The van der Waals surface area contributed by atoms with E-state index in [9.17, 15) is 4.79 Å². The molecule has 3 N–H and O–H groups in total. The Labute approximate surface area is 107 Å². The molecule has 0 heterocycles. The number of carbonyl (C=O) groups excluding carboxylic acids is 1. The van der Waals surface area contributed by atoms with Crippen LogP contribution in [-0.2, 0) is 11.3 Å². The van der Waals surface area contributed by atoms with Gasteiger partial charge in [-0.05, 0) is 24.2 Å². The minimum Gasteiger partial charge on any atom is -0.384 e. The van der Waals surface area contributed by atoms with E-state index in [1.165, 1.54) is 0 Å². The van der Waals surface area contributed by atoms with E-state index in [1.54, 1.807) is 0 Å². The van der Waals surface area contributed by atoms with Gasteiger partial charge in [0.2, 0.25) is 5.91 Å². The number of aliphatic hydroxyl groups is 1. The SMILES string of the molecule is CCN(CC(N)=O)Cc1ccc(C#CCO)cc1. The van der Waals surface area contributed by atoms with Crippen LogP contribution in [0.2, 0.25) is 0 Å². The molecule has 4 nitrogen and oxygen atoms in total. The van der Waals surface area contributed by atoms with Crippen LogP contribution < -0.4 is 5.73 Å². The Hall–Kier alpha value is -1.83. The van der Waals surface area contributed by atoms with Gasteiger partial charge in [-0.2, -0.15) is 0 Å². The summed E-state index contributed by atoms with van der Waals surface area (Å²) in [5, 5.41) is 8.59. The molecule has 1 aromatic rings. The van der Waals surface area contributed by atoms with Gasteiger partial charge in [-0.1, -0.05) is 30.9 Å². The molecule has 0 saturated carbocycles. The van der Waals surface area contributed by atoms with E-state index in [2.05, 4.69) is 11.8 Å². The number of nitrogens with zero attached hydrogens (tertiary/aromatic N) is 1. The van der Waals surface area contributed by atoms with E-state index in [-0.39, 0.29) is 19.1 Å². The summed E-state index contributed by atoms with van der Waals surface area (Å²) in [6.07, 6.45) is 0. The summed E-state index contributed by atoms with van der Waals surface area (Å²) in [4.78, 5) is 12.8. The molecular formula is C14H18N2O2. The van der Waals surface area contributed by atoms with E-state index in [4.69, 9.17) is 10.8 Å². The van der Waals surface area contributed by atoms with Gasteiger partial charge >= 0.3 is 0 Å². The van der Waals surface area contributed by atoms with Crippen molar-refractivity contribution in [2.45, 2.75) is 13.5 Å². The molecule has 1 aromatic carbocycles. The lowest BCUT2D eigenvalue weighted by Crippen LogP contribution is -2.33. The third-order valence-electron chi connectivity index (χ3n) is 2.50. The summed E-state index contributed by atoms with van der Waals surface area (Å²) in [6, 6.07) is 7.72. The molecule has 0 spiro atoms. The van der Waals surface area contributed by atoms with E-state index in [1.807, 2.05) is 36.1 Å². The molecule has 0 aliphatic heterocycles. The lowest BCUT2D eigenvalue weighted by atomic mass is 10.1. The highest BCUT2D eigenvalue weighted by Crippen LogP contribution is 2.06. The van der Waals surface area contributed by atoms with Crippen LogP contribution in [-0.4, -0.2) is 35.6 Å². The molecule has 0 aliphatic rings. The summed E-state index contributed by atoms with van der Waals surface area (Å²) in [6.45, 7) is 3.58. The molecule has 18 heavy (non-hydrogen) atoms. The van der Waals surface area contributed by atoms with Crippen LogP contribution in [0.15, 0.2) is 24.3 Å². The van der Waals surface area contributed by atoms with Crippen molar-refractivity contribution in [2.75, 3.05) is 19.7 Å². The largest absolute Gasteiger partial charge is 0.384 e. The Morgan fingerprint density at radius 2 is 2.06 bits per heavy atom. The number of likely N-dealkylation sites (N-methyl/N-ethyl adjacent to an activating group) is 1. The van der Waals surface area contributed by atoms with Crippen LogP contribution in [0.25, 0.3) is 0 Å². The van der Waals surface area contributed by atoms with Crippen LogP contribution in [0.3, 0.4) is 0 Å². The van der Waals surface area contributed by atoms with Crippen molar-refractivity contribution < 1.29 is 9.90 Å². The molecule has 0 aliphatic carbocycles. The summed E-state index contributed by atoms with van der Waals surface area (Å²) >= 11 is 0. The van der Waals surface area contributed by atoms with E-state index < -0.39 is 0 Å². The number of hydrogen-bond donors (Lipinski definition) is 2. The Bertz CT molecular complexity index is 443. The Morgan fingerprint density at radius 1 is 1.39 bits per heavy atom. The van der Waals surface area contributed by atoms with Crippen molar-refractivity contribution in [3.63, 3.8) is 0 Å². The van der Waals surface area contributed by atoms with Crippen molar-refractivity contribution in [1.82, 2.24) is 4.90 Å². The molecule has 1 amide bonds. The summed E-state index contributed by atoms with van der Waals surface area (Å²) in [5.74, 6) is 5.11. The van der Waals surface area contributed by atoms with Crippen LogP contribution in [0.5, 0.6) is 0 Å². The summed E-state index contributed by atoms with van der Waals surface area (Å²) in [5.41, 5.74) is 7.15. The standard InChI is InChI=1S/C14H18N2O2/c1-2-16(11-14(15)18)10-13-7-5-12(6-8-13)4-3-9-17/h5-8,17H,2,9-11H2,1H3,(H2,15,18). The molecule has 0 atom stereocenters. The van der Waals surface area contributed by atoms with Crippen molar-refractivity contribution in [3.8, 4) is 11.8 Å². The van der Waals surface area contributed by atoms with Crippen molar-refractivity contribution in [2.24, 2.45) is 5.73 Å². The molecule has 0 radical (unpaired) electrons. The van der Waals surface area contributed by atoms with E-state index in [0.717, 1.165) is 17.7 Å². The molecule has 96 valence electrons. The maximum Gasteiger partial charge on any atom is 0.231 e. The molecule has 0 aromatic heterocycles. The minimum absolute atomic E-state index is 0.135. The average molecular weight is 246 g/mol. The van der Waals surface area contributed by atoms with E-state index in [0.29, 0.717) is 6.54 Å². The second-order valence-electron chi connectivity index (χ2n) is 3.93. The van der Waals surface area contributed by atoms with Crippen molar-refractivity contribution >= 4 is 5.91 Å². The number of carbonyl (C=O) groups is 1. The maximum absolute atomic E-state index is 10.9. The molecule has 0 saturated heterocycles. The first kappa shape index (κ1) is 14.2. The summed E-state index contributed by atoms with van der Waals surface area (Å²) < 4.78 is 0. The fourth-order valence-electron chi connectivity index (χ4n) is 1.59. The van der Waals surface area contributed by atoms with Gasteiger partial charge in [0.25, 0.3) is 0 Å². The van der Waals surface area contributed by atoms with Gasteiger partial charge in [-0.25, -0.2) is 0 Å². The number of hydrogen-bond acceptors (Lipinski definition) is 3. The number of nitrogens with two attached hydrogens (primary N) is 1. The van der Waals surface area contributed by atoms with Crippen LogP contribution in [0.1, 0.15) is 18.1 Å². The van der Waals surface area contributed by atoms with Gasteiger partial charge in [0, 0.05) is 12.1 Å². The average Bonchev–Trinajstić information content (AvgIpc) is 2.36. The van der Waals surface area contributed by atoms with Gasteiger partial charge in [0.15, 0.2) is 0 Å². The van der Waals surface area contributed by atoms with Crippen molar-refractivity contribution in [1.29, 1.82) is 0 Å². The zero-order valence-electron chi connectivity index (χ0n) is 10.5. The van der Waals surface area contributed by atoms with Gasteiger partial charge in [-0.15, -0.1) is 0 Å². The quantitative estimate of drug-likeness (QED) is 0.736. The van der Waals surface area contributed by atoms with Crippen molar-refractivity contribution in [3.05, 3.63) is 35.4 Å². The van der Waals surface area contributed by atoms with E-state index >= 15 is 0 Å². The maximum atomic E-state index is 10.9. The number of benzene rings is 1. The third-order valence-corrected chi connectivity index (χ3v) is 2.50. The van der Waals surface area contributed by atoms with Gasteiger partial charge in [-0.3, -0.25) is 9.69 Å². The number of amides is 1. The molecule has 4 heteroatoms. The molecule has 0 unspecified atom stereocenters. The number of primary amides is 1. The van der Waals surface area contributed by atoms with Crippen LogP contribution in [0, 0.1) is 11.8 Å². The fraction of sp³-hybridized carbons (Fsp3) is 0.357. The molecular weight excluding hydrogens is 228 g/mol. The smallest absolute Gasteiger partial charge is 0.231 e. The highest BCUT2D eigenvalue weighted by Gasteiger charge is 2.06. The number of aliphatic hydroxyl groups excluding tert-OH is 1. The second kappa shape index (κ2) is 7.49. The van der Waals surface area contributed by atoms with Gasteiger partial charge in [0.05, 0.1) is 6.54 Å². The monoisotopic (exact) mass is 246 g/mol. The lowest BCUT2D eigenvalue weighted by molar-refractivity contribution is -0.119. The first-order valence-corrected chi connectivity index (χ1v) is 5.85. The van der Waals surface area contributed by atoms with Gasteiger partial charge in [0.1, 0.15) is 6.61 Å². The molecule has 0 fully saturated rings. The highest BCUT2D eigenvalue weighted by atomic mass is 16.2. The third kappa shape index (κ3) is 5.00. The fourth-order valence-corrected chi connectivity index (χ4v) is 1.59. The Kier molecular flexibility index (Phi) is 5.92. The predicted octanol–water partition coefficient (Wildman–Crippen LogP) is 0.338. The second-order valence-corrected chi connectivity index (χ2v) is 3.93. The van der Waals surface area contributed by atoms with Crippen LogP contribution >= 0.6 is 0 Å². The predicted molar refractivity (Wildman–Crippen MR) is 70.6 cm³/mol. The molecule has 0 bridgehead atoms. The zero-order valence-corrected chi connectivity index (χ0v) is 10.5. The Balaban J connectivity index is 2.64. The molecule has 1 rings (SSSR count). The summed E-state index contributed by atoms with van der Waals surface area (Å²) in [7, 11) is 0. The normalized spacial score (nSPS) is 9.94. The first-order chi connectivity index (χ1) is 8.65. The van der Waals surface area contributed by atoms with Crippen LogP contribution in [0.4, 0.5) is 0 Å². The van der Waals surface area contributed by atoms with Gasteiger partial charge < -0.3 is 10.8 Å². The minimum atomic E-state index is -0.317. The number of rotatable bonds is 5. The highest BCUT2D eigenvalue weighted by molar-refractivity contribution is 5.75. The Morgan fingerprint density at radius 3 is 2.56 bits per heavy atom. The zero-order chi connectivity index (χ0) is 13.4. The first-order valence-electron chi connectivity index (χ1n) is 5.85. The lowest BCUT2D eigenvalue weighted by Gasteiger charge is -2.18.